The lowest BCUT2D eigenvalue weighted by Gasteiger charge is -2.19. The molecule has 2 aliphatic rings. The maximum Gasteiger partial charge on any atom is 0.307 e. The molecule has 12 heteroatoms. The lowest BCUT2D eigenvalue weighted by Crippen LogP contribution is -2.30. The van der Waals surface area contributed by atoms with E-state index in [2.05, 4.69) is 25.3 Å². The zero-order valence-corrected chi connectivity index (χ0v) is 25.6. The van der Waals surface area contributed by atoms with E-state index >= 15 is 0 Å². The van der Waals surface area contributed by atoms with E-state index in [-0.39, 0.29) is 35.6 Å². The molecular formula is C33H32N6O5S. The van der Waals surface area contributed by atoms with Crippen LogP contribution in [-0.4, -0.2) is 41.7 Å². The van der Waals surface area contributed by atoms with Crippen molar-refractivity contribution in [3.05, 3.63) is 95.4 Å². The van der Waals surface area contributed by atoms with Gasteiger partial charge in [0.15, 0.2) is 5.58 Å². The van der Waals surface area contributed by atoms with E-state index in [1.54, 1.807) is 48.8 Å². The zero-order valence-electron chi connectivity index (χ0n) is 24.8. The monoisotopic (exact) mass is 624 g/mol. The maximum absolute atomic E-state index is 13.8. The number of nitrogens with zero attached hydrogens (tertiary/aromatic N) is 3. The Labute approximate surface area is 259 Å². The number of carbonyl (C=O) groups excluding carboxylic acids is 2. The van der Waals surface area contributed by atoms with E-state index in [0.717, 1.165) is 18.5 Å². The van der Waals surface area contributed by atoms with Gasteiger partial charge in [0.2, 0.25) is 10.0 Å². The largest absolute Gasteiger partial charge is 0.432 e. The summed E-state index contributed by atoms with van der Waals surface area (Å²) in [6.07, 6.45) is 7.03. The summed E-state index contributed by atoms with van der Waals surface area (Å²) in [5.74, 6) is -0.580. The number of fused-ring (bicyclic) bond motifs is 4. The molecule has 3 N–H and O–H groups in total. The number of oxazole rings is 1. The minimum absolute atomic E-state index is 0.0869. The van der Waals surface area contributed by atoms with Gasteiger partial charge in [0.05, 0.1) is 22.5 Å². The van der Waals surface area contributed by atoms with Crippen molar-refractivity contribution in [2.45, 2.75) is 56.0 Å². The molecule has 0 spiro atoms. The number of para-hydroxylation sites is 2. The van der Waals surface area contributed by atoms with Gasteiger partial charge in [0, 0.05) is 47.5 Å². The number of nitrogens with one attached hydrogen (secondary N) is 3. The predicted molar refractivity (Wildman–Crippen MR) is 167 cm³/mol. The second-order valence-electron chi connectivity index (χ2n) is 12.1. The standard InChI is InChI=1S/C33H32N6O5S/c1-18(2)15-36-45(42,43)29-13-22-26(37-31(40)20-6-5-11-34-16-20)14-27(30(22)23-17-35-25(12-21(23)29)19-9-10-19)38-32(41)33-39-24-7-3-4-8-28(24)44-33/h3-8,11-13,16-19,26-27,36H,9-10,14-15H2,1-2H3,(H,37,40)(H,38,41)/t26-,27-/m1/s1. The van der Waals surface area contributed by atoms with Crippen LogP contribution < -0.4 is 15.4 Å². The summed E-state index contributed by atoms with van der Waals surface area (Å²) < 4.78 is 36.1. The molecule has 5 aromatic rings. The first-order valence-electron chi connectivity index (χ1n) is 15.0. The second-order valence-corrected chi connectivity index (χ2v) is 13.8. The van der Waals surface area contributed by atoms with Gasteiger partial charge in [0.25, 0.3) is 11.8 Å². The van der Waals surface area contributed by atoms with Gasteiger partial charge >= 0.3 is 5.91 Å². The Morgan fingerprint density at radius 3 is 2.51 bits per heavy atom. The zero-order chi connectivity index (χ0) is 31.3. The van der Waals surface area contributed by atoms with Crippen LogP contribution in [0.15, 0.2) is 76.4 Å². The van der Waals surface area contributed by atoms with Gasteiger partial charge in [0.1, 0.15) is 5.52 Å². The normalized spacial score (nSPS) is 17.9. The van der Waals surface area contributed by atoms with Crippen molar-refractivity contribution in [1.29, 1.82) is 0 Å². The molecule has 0 bridgehead atoms. The van der Waals surface area contributed by atoms with Crippen LogP contribution in [0.3, 0.4) is 0 Å². The van der Waals surface area contributed by atoms with Crippen molar-refractivity contribution < 1.29 is 22.4 Å². The van der Waals surface area contributed by atoms with Crippen LogP contribution >= 0.6 is 0 Å². The number of amides is 2. The third-order valence-corrected chi connectivity index (χ3v) is 9.73. The van der Waals surface area contributed by atoms with Gasteiger partial charge in [-0.05, 0) is 72.7 Å². The minimum Gasteiger partial charge on any atom is -0.432 e. The summed E-state index contributed by atoms with van der Waals surface area (Å²) in [5.41, 5.74) is 3.54. The number of hydrogen-bond donors (Lipinski definition) is 3. The number of carbonyl (C=O) groups is 2. The third-order valence-electron chi connectivity index (χ3n) is 8.26. The Hall–Kier alpha value is -4.68. The molecule has 7 rings (SSSR count). The van der Waals surface area contributed by atoms with Gasteiger partial charge in [-0.15, -0.1) is 0 Å². The summed E-state index contributed by atoms with van der Waals surface area (Å²) in [4.78, 5) is 40.0. The number of hydrogen-bond acceptors (Lipinski definition) is 8. The van der Waals surface area contributed by atoms with Crippen LogP contribution in [0.1, 0.15) is 89.0 Å². The van der Waals surface area contributed by atoms with Gasteiger partial charge < -0.3 is 15.1 Å². The summed E-state index contributed by atoms with van der Waals surface area (Å²) >= 11 is 0. The molecule has 0 aliphatic heterocycles. The lowest BCUT2D eigenvalue weighted by atomic mass is 9.98. The molecule has 1 saturated carbocycles. The molecule has 2 aliphatic carbocycles. The van der Waals surface area contributed by atoms with Crippen LogP contribution in [0.25, 0.3) is 21.9 Å². The van der Waals surface area contributed by atoms with Crippen LogP contribution in [0.4, 0.5) is 0 Å². The number of rotatable bonds is 9. The molecular weight excluding hydrogens is 592 g/mol. The van der Waals surface area contributed by atoms with Crippen LogP contribution in [0.5, 0.6) is 0 Å². The summed E-state index contributed by atoms with van der Waals surface area (Å²) in [7, 11) is -3.94. The molecule has 2 aromatic carbocycles. The van der Waals surface area contributed by atoms with Gasteiger partial charge in [-0.2, -0.15) is 0 Å². The molecule has 3 aromatic heterocycles. The molecule has 3 heterocycles. The smallest absolute Gasteiger partial charge is 0.307 e. The fraction of sp³-hybridized carbons (Fsp3) is 0.303. The first kappa shape index (κ1) is 29.1. The Morgan fingerprint density at radius 2 is 1.78 bits per heavy atom. The van der Waals surface area contributed by atoms with Crippen LogP contribution in [0, 0.1) is 5.92 Å². The van der Waals surface area contributed by atoms with Crippen molar-refractivity contribution in [3.8, 4) is 0 Å². The van der Waals surface area contributed by atoms with Gasteiger partial charge in [-0.25, -0.2) is 18.1 Å². The van der Waals surface area contributed by atoms with Crippen molar-refractivity contribution in [2.24, 2.45) is 5.92 Å². The summed E-state index contributed by atoms with van der Waals surface area (Å²) in [6.45, 7) is 4.14. The molecule has 2 amide bonds. The van der Waals surface area contributed by atoms with E-state index in [4.69, 9.17) is 9.40 Å². The quantitative estimate of drug-likeness (QED) is 0.209. The van der Waals surface area contributed by atoms with Crippen molar-refractivity contribution in [2.75, 3.05) is 6.54 Å². The highest BCUT2D eigenvalue weighted by molar-refractivity contribution is 7.89. The van der Waals surface area contributed by atoms with Gasteiger partial charge in [-0.3, -0.25) is 19.6 Å². The maximum atomic E-state index is 13.8. The SMILES string of the molecule is CC(C)CNS(=O)(=O)c1cc2c(c3cnc(C4CC4)cc13)[C@H](NC(=O)c1nc3ccccc3o1)C[C@H]2NC(=O)c1cccnc1. The highest BCUT2D eigenvalue weighted by atomic mass is 32.2. The van der Waals surface area contributed by atoms with Crippen molar-refractivity contribution in [3.63, 3.8) is 0 Å². The third kappa shape index (κ3) is 5.67. The molecule has 2 atom stereocenters. The Bertz CT molecular complexity index is 2020. The van der Waals surface area contributed by atoms with Crippen molar-refractivity contribution >= 4 is 43.7 Å². The molecule has 1 fully saturated rings. The Kier molecular flexibility index (Phi) is 7.33. The van der Waals surface area contributed by atoms with E-state index < -0.39 is 28.0 Å². The topological polar surface area (TPSA) is 156 Å². The summed E-state index contributed by atoms with van der Waals surface area (Å²) in [6, 6.07) is 12.7. The number of sulfonamides is 1. The Balaban J connectivity index is 1.34. The molecule has 0 saturated heterocycles. The molecule has 0 unspecified atom stereocenters. The first-order valence-corrected chi connectivity index (χ1v) is 16.5. The van der Waals surface area contributed by atoms with E-state index in [0.29, 0.717) is 44.5 Å². The number of benzene rings is 2. The predicted octanol–water partition coefficient (Wildman–Crippen LogP) is 4.93. The minimum atomic E-state index is -3.94. The first-order chi connectivity index (χ1) is 21.7. The second kappa shape index (κ2) is 11.4. The fourth-order valence-corrected chi connectivity index (χ4v) is 7.32. The average Bonchev–Trinajstić information content (AvgIpc) is 3.71. The fourth-order valence-electron chi connectivity index (χ4n) is 5.87. The van der Waals surface area contributed by atoms with E-state index in [9.17, 15) is 18.0 Å². The number of aromatic nitrogens is 3. The van der Waals surface area contributed by atoms with E-state index in [1.807, 2.05) is 26.0 Å². The molecule has 230 valence electrons. The van der Waals surface area contributed by atoms with Crippen LogP contribution in [-0.2, 0) is 10.0 Å². The number of pyridine rings is 2. The summed E-state index contributed by atoms with van der Waals surface area (Å²) in [5, 5.41) is 7.22. The van der Waals surface area contributed by atoms with Crippen LogP contribution in [0.2, 0.25) is 0 Å². The van der Waals surface area contributed by atoms with E-state index in [1.165, 1.54) is 6.20 Å². The average molecular weight is 625 g/mol. The van der Waals surface area contributed by atoms with Gasteiger partial charge in [-0.1, -0.05) is 26.0 Å². The lowest BCUT2D eigenvalue weighted by molar-refractivity contribution is 0.0901. The highest BCUT2D eigenvalue weighted by Crippen LogP contribution is 2.47. The Morgan fingerprint density at radius 1 is 0.978 bits per heavy atom. The van der Waals surface area contributed by atoms with Crippen molar-refractivity contribution in [1.82, 2.24) is 30.3 Å². The molecule has 45 heavy (non-hydrogen) atoms. The molecule has 0 radical (unpaired) electrons. The highest BCUT2D eigenvalue weighted by Gasteiger charge is 2.38. The molecule has 11 nitrogen and oxygen atoms in total.